The maximum absolute atomic E-state index is 14.3. The molecule has 1 fully saturated rings. The first-order valence-corrected chi connectivity index (χ1v) is 17.4. The van der Waals surface area contributed by atoms with Crippen LogP contribution in [0.2, 0.25) is 0 Å². The molecular weight excluding hydrogens is 587 g/mol. The van der Waals surface area contributed by atoms with Gasteiger partial charge in [-0.2, -0.15) is 0 Å². The molecule has 4 unspecified atom stereocenters. The second-order valence-electron chi connectivity index (χ2n) is 11.3. The van der Waals surface area contributed by atoms with Crippen LogP contribution in [-0.2, 0) is 0 Å². The molecule has 1 aromatic rings. The van der Waals surface area contributed by atoms with Crippen molar-refractivity contribution in [1.82, 2.24) is 20.2 Å². The van der Waals surface area contributed by atoms with Crippen molar-refractivity contribution in [1.29, 1.82) is 0 Å². The van der Waals surface area contributed by atoms with Crippen molar-refractivity contribution in [2.75, 3.05) is 36.7 Å². The van der Waals surface area contributed by atoms with Crippen molar-refractivity contribution >= 4 is 46.3 Å². The van der Waals surface area contributed by atoms with Gasteiger partial charge in [-0.1, -0.05) is 34.1 Å². The van der Waals surface area contributed by atoms with E-state index >= 15 is 0 Å². The fraction of sp³-hybridized carbons (Fsp3) is 0.731. The molecule has 0 bridgehead atoms. The second kappa shape index (κ2) is 12.2. The van der Waals surface area contributed by atoms with Gasteiger partial charge in [0.1, 0.15) is 23.8 Å². The van der Waals surface area contributed by atoms with Gasteiger partial charge in [-0.25, -0.2) is 14.4 Å². The first-order chi connectivity index (χ1) is 17.2. The minimum atomic E-state index is -1.04. The van der Waals surface area contributed by atoms with Gasteiger partial charge in [-0.05, 0) is 66.1 Å². The summed E-state index contributed by atoms with van der Waals surface area (Å²) in [6.07, 6.45) is 8.95. The average Bonchev–Trinajstić information content (AvgIpc) is 2.86. The smallest absolute Gasteiger partial charge is 0.157 e. The number of hydrogen-bond acceptors (Lipinski definition) is 7. The van der Waals surface area contributed by atoms with Crippen molar-refractivity contribution < 1.29 is 4.39 Å². The van der Waals surface area contributed by atoms with Crippen molar-refractivity contribution in [3.8, 4) is 0 Å². The number of aromatic nitrogens is 2. The lowest BCUT2D eigenvalue weighted by Crippen LogP contribution is -2.43. The molecular formula is C26H42FIN7P. The zero-order valence-electron chi connectivity index (χ0n) is 22.3. The zero-order valence-corrected chi connectivity index (χ0v) is 25.5. The van der Waals surface area contributed by atoms with Crippen LogP contribution in [0.4, 0.5) is 16.0 Å². The normalized spacial score (nSPS) is 25.1. The molecule has 36 heavy (non-hydrogen) atoms. The fourth-order valence-electron chi connectivity index (χ4n) is 5.62. The Labute approximate surface area is 230 Å². The molecule has 4 heterocycles. The third kappa shape index (κ3) is 6.32. The van der Waals surface area contributed by atoms with E-state index in [-0.39, 0.29) is 6.17 Å². The molecule has 0 spiro atoms. The minimum Gasteiger partial charge on any atom is -0.355 e. The number of alkyl halides is 1. The third-order valence-corrected chi connectivity index (χ3v) is 9.23. The highest BCUT2D eigenvalue weighted by Gasteiger charge is 2.35. The summed E-state index contributed by atoms with van der Waals surface area (Å²) in [5, 5.41) is 6.92. The molecule has 0 amide bonds. The predicted molar refractivity (Wildman–Crippen MR) is 159 cm³/mol. The summed E-state index contributed by atoms with van der Waals surface area (Å²) < 4.78 is 14.3. The summed E-state index contributed by atoms with van der Waals surface area (Å²) in [6, 6.07) is 0. The summed E-state index contributed by atoms with van der Waals surface area (Å²) in [4.78, 5) is 19.2. The number of allylic oxidation sites excluding steroid dienone is 2. The number of halogens is 2. The predicted octanol–water partition coefficient (Wildman–Crippen LogP) is 6.46. The Morgan fingerprint density at radius 2 is 2.03 bits per heavy atom. The van der Waals surface area contributed by atoms with E-state index in [0.29, 0.717) is 24.1 Å². The number of nitrogens with one attached hydrogen (secondary N) is 2. The molecule has 3 aliphatic rings. The molecule has 1 saturated heterocycles. The first-order valence-electron chi connectivity index (χ1n) is 13.3. The van der Waals surface area contributed by atoms with Gasteiger partial charge in [0, 0.05) is 50.3 Å². The summed E-state index contributed by atoms with van der Waals surface area (Å²) in [6.45, 7) is 12.1. The van der Waals surface area contributed by atoms with E-state index in [1.54, 1.807) is 0 Å². The van der Waals surface area contributed by atoms with Crippen LogP contribution < -0.4 is 15.3 Å². The van der Waals surface area contributed by atoms with Gasteiger partial charge in [-0.3, -0.25) is 10.3 Å². The Bertz CT molecular complexity index is 964. The highest BCUT2D eigenvalue weighted by atomic mass is 127. The van der Waals surface area contributed by atoms with Crippen LogP contribution in [0.3, 0.4) is 0 Å². The van der Waals surface area contributed by atoms with E-state index in [9.17, 15) is 4.39 Å². The van der Waals surface area contributed by atoms with Gasteiger partial charge < -0.3 is 14.9 Å². The molecule has 0 aliphatic carbocycles. The molecule has 10 heteroatoms. The average molecular weight is 630 g/mol. The minimum absolute atomic E-state index is 0.194. The van der Waals surface area contributed by atoms with Crippen molar-refractivity contribution in [2.45, 2.75) is 78.6 Å². The number of aliphatic imine (C=N–C) groups is 1. The monoisotopic (exact) mass is 629 g/mol. The van der Waals surface area contributed by atoms with Gasteiger partial charge in [0.25, 0.3) is 0 Å². The topological polar surface area (TPSA) is 68.7 Å². The van der Waals surface area contributed by atoms with E-state index in [1.165, 1.54) is 31.9 Å². The molecule has 7 nitrogen and oxygen atoms in total. The van der Waals surface area contributed by atoms with Crippen molar-refractivity contribution in [3.63, 3.8) is 0 Å². The summed E-state index contributed by atoms with van der Waals surface area (Å²) in [7, 11) is 1.94. The van der Waals surface area contributed by atoms with Crippen LogP contribution in [0.1, 0.15) is 78.1 Å². The van der Waals surface area contributed by atoms with Crippen LogP contribution in [-0.4, -0.2) is 53.9 Å². The molecule has 4 atom stereocenters. The Morgan fingerprint density at radius 3 is 2.69 bits per heavy atom. The quantitative estimate of drug-likeness (QED) is 0.242. The van der Waals surface area contributed by atoms with Crippen LogP contribution in [0.15, 0.2) is 22.6 Å². The largest absolute Gasteiger partial charge is 0.355 e. The number of hydrogen-bond donors (Lipinski definition) is 2. The fourth-order valence-corrected chi connectivity index (χ4v) is 6.66. The number of anilines is 2. The Kier molecular flexibility index (Phi) is 9.48. The van der Waals surface area contributed by atoms with Crippen LogP contribution in [0.5, 0.6) is 0 Å². The molecule has 3 aliphatic heterocycles. The van der Waals surface area contributed by atoms with Gasteiger partial charge in [0.15, 0.2) is 5.82 Å². The molecule has 0 saturated carbocycles. The third-order valence-electron chi connectivity index (χ3n) is 8.09. The van der Waals surface area contributed by atoms with Gasteiger partial charge in [0.2, 0.25) is 0 Å². The second-order valence-corrected chi connectivity index (χ2v) is 13.4. The van der Waals surface area contributed by atoms with Crippen molar-refractivity contribution in [2.24, 2.45) is 22.2 Å². The lowest BCUT2D eigenvalue weighted by atomic mass is 9.75. The maximum Gasteiger partial charge on any atom is 0.157 e. The molecule has 0 aromatic carbocycles. The Morgan fingerprint density at radius 1 is 1.28 bits per heavy atom. The van der Waals surface area contributed by atoms with Crippen LogP contribution in [0.25, 0.3) is 0 Å². The molecule has 0 radical (unpaired) electrons. The zero-order chi connectivity index (χ0) is 25.9. The lowest BCUT2D eigenvalue weighted by molar-refractivity contribution is 0.175. The molecule has 4 rings (SSSR count). The number of nitrogens with zero attached hydrogens (tertiary/aromatic N) is 5. The van der Waals surface area contributed by atoms with Crippen molar-refractivity contribution in [3.05, 3.63) is 23.3 Å². The van der Waals surface area contributed by atoms with E-state index in [0.717, 1.165) is 60.7 Å². The van der Waals surface area contributed by atoms with E-state index in [2.05, 4.69) is 74.9 Å². The van der Waals surface area contributed by atoms with Crippen LogP contribution >= 0.6 is 28.4 Å². The standard InChI is InChI=1S/C26H42FIN7P/c1-17(2)6-8-26(4)9-12-34(13-10-26)21-16-31-23(24(32-21)33-36-28)25(29-5)35-11-7-18(3)22-20(35)14-19(27)15-30-22/h15-19,25,29,36H,6-14H2,1-5H3,(H,32,33). The van der Waals surface area contributed by atoms with Gasteiger partial charge in [0.05, 0.1) is 11.9 Å². The van der Waals surface area contributed by atoms with E-state index in [1.807, 2.05) is 13.2 Å². The number of piperidine rings is 1. The van der Waals surface area contributed by atoms with E-state index in [4.69, 9.17) is 9.97 Å². The van der Waals surface area contributed by atoms with Crippen LogP contribution in [0, 0.1) is 17.3 Å². The van der Waals surface area contributed by atoms with E-state index < -0.39 is 6.17 Å². The van der Waals surface area contributed by atoms with Gasteiger partial charge >= 0.3 is 0 Å². The Hall–Kier alpha value is -1.06. The summed E-state index contributed by atoms with van der Waals surface area (Å²) in [5.74, 6) is 2.84. The maximum atomic E-state index is 14.3. The Balaban J connectivity index is 1.56. The first kappa shape index (κ1) is 28.0. The highest BCUT2D eigenvalue weighted by Crippen LogP contribution is 2.41. The van der Waals surface area contributed by atoms with Gasteiger partial charge in [-0.15, -0.1) is 0 Å². The molecule has 2 N–H and O–H groups in total. The SMILES string of the molecule is CNC(c1ncc(N2CCC(C)(CCC(C)C)CC2)nc1NPI)N1CCC(C)C2=C1CC(F)C=N2. The lowest BCUT2D eigenvalue weighted by Gasteiger charge is -2.42. The molecule has 200 valence electrons. The number of rotatable bonds is 9. The highest BCUT2D eigenvalue weighted by molar-refractivity contribution is 14.2. The summed E-state index contributed by atoms with van der Waals surface area (Å²) >= 11 is 2.34. The molecule has 1 aromatic heterocycles. The summed E-state index contributed by atoms with van der Waals surface area (Å²) in [5.41, 5.74) is 3.28.